The molecule has 278 valence electrons. The van der Waals surface area contributed by atoms with E-state index in [2.05, 4.69) is 19.2 Å². The molecule has 17 heteroatoms. The Labute approximate surface area is 283 Å². The van der Waals surface area contributed by atoms with Crippen molar-refractivity contribution in [2.24, 2.45) is 5.92 Å². The molecule has 1 aromatic rings. The van der Waals surface area contributed by atoms with Gasteiger partial charge in [-0.05, 0) is 12.0 Å². The van der Waals surface area contributed by atoms with Crippen LogP contribution in [0.3, 0.4) is 0 Å². The van der Waals surface area contributed by atoms with Crippen molar-refractivity contribution < 1.29 is 57.2 Å². The Morgan fingerprint density at radius 2 is 0.917 bits per heavy atom. The fourth-order valence-corrected chi connectivity index (χ4v) is 3.57. The van der Waals surface area contributed by atoms with Crippen molar-refractivity contribution in [1.82, 2.24) is 0 Å². The molecule has 1 aromatic carbocycles. The van der Waals surface area contributed by atoms with Gasteiger partial charge in [0.05, 0.1) is 141 Å². The summed E-state index contributed by atoms with van der Waals surface area (Å²) in [7, 11) is 0. The number of nitro benzene ring substituents is 2. The Morgan fingerprint density at radius 1 is 0.562 bits per heavy atom. The molecule has 0 aromatic heterocycles. The smallest absolute Gasteiger partial charge is 0.299 e. The van der Waals surface area contributed by atoms with Gasteiger partial charge in [-0.25, -0.2) is 0 Å². The zero-order valence-corrected chi connectivity index (χ0v) is 28.5. The Bertz CT molecular complexity index is 930. The van der Waals surface area contributed by atoms with Crippen molar-refractivity contribution in [2.75, 3.05) is 144 Å². The van der Waals surface area contributed by atoms with E-state index in [4.69, 9.17) is 47.4 Å². The summed E-state index contributed by atoms with van der Waals surface area (Å²) in [6.07, 6.45) is 1.12. The largest absolute Gasteiger partial charge is 0.379 e. The minimum Gasteiger partial charge on any atom is -0.379 e. The second kappa shape index (κ2) is 31.7. The molecule has 1 unspecified atom stereocenters. The number of nitrogens with one attached hydrogen (secondary N) is 1. The Kier molecular flexibility index (Phi) is 28.7. The Hall–Kier alpha value is -2.58. The standard InChI is InChI=1S/C31H55N3O14/c1-3-28(2)27-48-25-24-47-23-22-46-21-20-45-19-18-44-17-16-43-15-14-42-13-12-41-11-10-40-9-8-39-7-6-32-30-5-4-29(33(35)36)26-31(30)34(37)38/h4-5,26,28,32H,3,6-25,27H2,1-2H3. The van der Waals surface area contributed by atoms with Gasteiger partial charge in [0.1, 0.15) is 5.69 Å². The molecular formula is C31H55N3O14. The first-order chi connectivity index (χ1) is 23.5. The van der Waals surface area contributed by atoms with E-state index in [-0.39, 0.29) is 23.7 Å². The molecule has 1 atom stereocenters. The summed E-state index contributed by atoms with van der Waals surface area (Å²) >= 11 is 0. The lowest BCUT2D eigenvalue weighted by atomic mass is 10.1. The summed E-state index contributed by atoms with van der Waals surface area (Å²) in [5.74, 6) is 0.584. The Morgan fingerprint density at radius 3 is 1.25 bits per heavy atom. The van der Waals surface area contributed by atoms with Crippen LogP contribution in [0.4, 0.5) is 17.1 Å². The number of non-ortho nitro benzene ring substituents is 1. The van der Waals surface area contributed by atoms with Crippen LogP contribution in [0, 0.1) is 26.1 Å². The van der Waals surface area contributed by atoms with Crippen LogP contribution in [0.25, 0.3) is 0 Å². The van der Waals surface area contributed by atoms with Gasteiger partial charge in [-0.2, -0.15) is 0 Å². The highest BCUT2D eigenvalue weighted by molar-refractivity contribution is 5.65. The molecule has 0 aliphatic heterocycles. The molecule has 0 bridgehead atoms. The zero-order chi connectivity index (χ0) is 34.9. The summed E-state index contributed by atoms with van der Waals surface area (Å²) in [5.41, 5.74) is -0.521. The summed E-state index contributed by atoms with van der Waals surface area (Å²) in [5, 5.41) is 24.8. The van der Waals surface area contributed by atoms with Gasteiger partial charge in [-0.3, -0.25) is 20.2 Å². The van der Waals surface area contributed by atoms with Gasteiger partial charge in [0, 0.05) is 19.2 Å². The van der Waals surface area contributed by atoms with Crippen LogP contribution in [0.2, 0.25) is 0 Å². The molecule has 17 nitrogen and oxygen atoms in total. The van der Waals surface area contributed by atoms with E-state index in [9.17, 15) is 20.2 Å². The normalized spacial score (nSPS) is 12.0. The Balaban J connectivity index is 1.73. The van der Waals surface area contributed by atoms with Crippen molar-refractivity contribution in [3.63, 3.8) is 0 Å². The number of anilines is 1. The van der Waals surface area contributed by atoms with Crippen molar-refractivity contribution in [2.45, 2.75) is 20.3 Å². The second-order valence-corrected chi connectivity index (χ2v) is 10.2. The van der Waals surface area contributed by atoms with Crippen LogP contribution < -0.4 is 5.32 Å². The second-order valence-electron chi connectivity index (χ2n) is 10.2. The maximum absolute atomic E-state index is 11.1. The number of ether oxygens (including phenoxy) is 10. The maximum atomic E-state index is 11.1. The summed E-state index contributed by atoms with van der Waals surface area (Å²) < 4.78 is 54.6. The van der Waals surface area contributed by atoms with Crippen LogP contribution in [0.1, 0.15) is 20.3 Å². The van der Waals surface area contributed by atoms with E-state index < -0.39 is 9.85 Å². The first-order valence-corrected chi connectivity index (χ1v) is 16.4. The number of hydrogen-bond acceptors (Lipinski definition) is 15. The molecule has 0 radical (unpaired) electrons. The van der Waals surface area contributed by atoms with Crippen molar-refractivity contribution in [3.8, 4) is 0 Å². The third-order valence-electron chi connectivity index (χ3n) is 6.40. The van der Waals surface area contributed by atoms with Gasteiger partial charge in [-0.15, -0.1) is 0 Å². The van der Waals surface area contributed by atoms with Crippen molar-refractivity contribution in [3.05, 3.63) is 38.4 Å². The summed E-state index contributed by atoms with van der Waals surface area (Å²) in [4.78, 5) is 20.6. The van der Waals surface area contributed by atoms with Crippen molar-refractivity contribution in [1.29, 1.82) is 0 Å². The van der Waals surface area contributed by atoms with Crippen LogP contribution in [0.5, 0.6) is 0 Å². The molecule has 0 heterocycles. The molecule has 1 rings (SSSR count). The predicted octanol–water partition coefficient (Wildman–Crippen LogP) is 3.13. The van der Waals surface area contributed by atoms with Gasteiger partial charge >= 0.3 is 0 Å². The highest BCUT2D eigenvalue weighted by Crippen LogP contribution is 2.28. The average Bonchev–Trinajstić information content (AvgIpc) is 3.08. The van der Waals surface area contributed by atoms with E-state index >= 15 is 0 Å². The average molecular weight is 694 g/mol. The monoisotopic (exact) mass is 693 g/mol. The summed E-state index contributed by atoms with van der Waals surface area (Å²) in [6, 6.07) is 3.43. The number of nitrogens with zero attached hydrogens (tertiary/aromatic N) is 2. The molecule has 0 fully saturated rings. The summed E-state index contributed by atoms with van der Waals surface area (Å²) in [6.45, 7) is 14.3. The van der Waals surface area contributed by atoms with Gasteiger partial charge in [-0.1, -0.05) is 20.3 Å². The molecule has 0 aliphatic rings. The lowest BCUT2D eigenvalue weighted by Gasteiger charge is -2.10. The fraction of sp³-hybridized carbons (Fsp3) is 0.806. The molecule has 0 aliphatic carbocycles. The molecular weight excluding hydrogens is 638 g/mol. The molecule has 0 spiro atoms. The number of benzene rings is 1. The van der Waals surface area contributed by atoms with Crippen molar-refractivity contribution >= 4 is 17.1 Å². The topological polar surface area (TPSA) is 191 Å². The molecule has 1 N–H and O–H groups in total. The molecule has 0 saturated carbocycles. The zero-order valence-electron chi connectivity index (χ0n) is 28.5. The van der Waals surface area contributed by atoms with E-state index in [0.717, 1.165) is 19.1 Å². The van der Waals surface area contributed by atoms with E-state index in [0.29, 0.717) is 131 Å². The minimum absolute atomic E-state index is 0.187. The van der Waals surface area contributed by atoms with Gasteiger partial charge in [0.25, 0.3) is 11.4 Å². The van der Waals surface area contributed by atoms with Gasteiger partial charge in [0.15, 0.2) is 0 Å². The van der Waals surface area contributed by atoms with Crippen LogP contribution in [0.15, 0.2) is 18.2 Å². The highest BCUT2D eigenvalue weighted by atomic mass is 16.6. The number of nitro groups is 2. The van der Waals surface area contributed by atoms with Crippen LogP contribution in [-0.4, -0.2) is 149 Å². The predicted molar refractivity (Wildman–Crippen MR) is 176 cm³/mol. The van der Waals surface area contributed by atoms with E-state index in [1.807, 2.05) is 0 Å². The lowest BCUT2D eigenvalue weighted by molar-refractivity contribution is -0.393. The van der Waals surface area contributed by atoms with E-state index in [1.54, 1.807) is 0 Å². The van der Waals surface area contributed by atoms with Crippen LogP contribution in [-0.2, 0) is 47.4 Å². The van der Waals surface area contributed by atoms with Gasteiger partial charge < -0.3 is 52.7 Å². The third-order valence-corrected chi connectivity index (χ3v) is 6.40. The number of rotatable bonds is 36. The maximum Gasteiger partial charge on any atom is 0.299 e. The molecule has 48 heavy (non-hydrogen) atoms. The third kappa shape index (κ3) is 25.4. The SMILES string of the molecule is CCC(C)COCCOCCOCCOCCOCCOCCOCCOCCOCCOCCNc1ccc([N+](=O)[O-])cc1[N+](=O)[O-]. The minimum atomic E-state index is -0.680. The first kappa shape index (κ1) is 43.4. The van der Waals surface area contributed by atoms with Crippen LogP contribution >= 0.6 is 0 Å². The quantitative estimate of drug-likeness (QED) is 0.0612. The fourth-order valence-electron chi connectivity index (χ4n) is 3.57. The van der Waals surface area contributed by atoms with E-state index in [1.165, 1.54) is 12.1 Å². The molecule has 0 saturated heterocycles. The molecule has 0 amide bonds. The highest BCUT2D eigenvalue weighted by Gasteiger charge is 2.19. The lowest BCUT2D eigenvalue weighted by Crippen LogP contribution is -2.16. The first-order valence-electron chi connectivity index (χ1n) is 16.4. The van der Waals surface area contributed by atoms with Gasteiger partial charge in [0.2, 0.25) is 0 Å². The number of hydrogen-bond donors (Lipinski definition) is 1.